The van der Waals surface area contributed by atoms with Crippen molar-refractivity contribution in [1.29, 1.82) is 0 Å². The normalized spacial score (nSPS) is 17.0. The predicted octanol–water partition coefficient (Wildman–Crippen LogP) is 2.67. The first-order valence-electron chi connectivity index (χ1n) is 10.2. The van der Waals surface area contributed by atoms with E-state index in [1.54, 1.807) is 0 Å². The third-order valence-corrected chi connectivity index (χ3v) is 4.45. The molecule has 0 aromatic heterocycles. The van der Waals surface area contributed by atoms with Crippen LogP contribution >= 0.6 is 0 Å². The molecule has 1 aromatic carbocycles. The Morgan fingerprint density at radius 3 is 2.52 bits per heavy atom. The number of aliphatic imine (C=N–C) groups is 1. The number of benzene rings is 1. The Morgan fingerprint density at radius 2 is 1.89 bits per heavy atom. The minimum Gasteiger partial charge on any atom is -0.493 e. The van der Waals surface area contributed by atoms with Gasteiger partial charge in [-0.25, -0.2) is 0 Å². The van der Waals surface area contributed by atoms with E-state index in [-0.39, 0.29) is 6.04 Å². The molecule has 1 atom stereocenters. The van der Waals surface area contributed by atoms with Gasteiger partial charge >= 0.3 is 0 Å². The molecule has 1 saturated heterocycles. The number of nitrogens with zero attached hydrogens (tertiary/aromatic N) is 2. The summed E-state index contributed by atoms with van der Waals surface area (Å²) in [4.78, 5) is 7.13. The molecular formula is C21H36N4O2. The van der Waals surface area contributed by atoms with Crippen molar-refractivity contribution in [2.75, 3.05) is 52.5 Å². The molecule has 0 radical (unpaired) electrons. The Bertz CT molecular complexity index is 554. The summed E-state index contributed by atoms with van der Waals surface area (Å²) in [6.07, 6.45) is 0. The van der Waals surface area contributed by atoms with Crippen LogP contribution in [0.1, 0.15) is 39.3 Å². The van der Waals surface area contributed by atoms with Gasteiger partial charge in [-0.3, -0.25) is 9.89 Å². The van der Waals surface area contributed by atoms with E-state index in [1.165, 1.54) is 5.56 Å². The quantitative estimate of drug-likeness (QED) is 0.513. The smallest absolute Gasteiger partial charge is 0.191 e. The molecule has 0 aliphatic carbocycles. The van der Waals surface area contributed by atoms with E-state index in [2.05, 4.69) is 55.4 Å². The van der Waals surface area contributed by atoms with E-state index in [9.17, 15) is 0 Å². The summed E-state index contributed by atoms with van der Waals surface area (Å²) < 4.78 is 11.2. The summed E-state index contributed by atoms with van der Waals surface area (Å²) in [6.45, 7) is 15.5. The SMILES string of the molecule is CCNC(=NCCN1CCOCC1)NC(C)c1ccc(OCC(C)C)cc1. The van der Waals surface area contributed by atoms with Gasteiger partial charge in [-0.15, -0.1) is 0 Å². The molecule has 1 aliphatic heterocycles. The highest BCUT2D eigenvalue weighted by Gasteiger charge is 2.11. The summed E-state index contributed by atoms with van der Waals surface area (Å²) in [5, 5.41) is 6.83. The van der Waals surface area contributed by atoms with Crippen molar-refractivity contribution in [2.24, 2.45) is 10.9 Å². The summed E-state index contributed by atoms with van der Waals surface area (Å²) in [5.41, 5.74) is 1.21. The lowest BCUT2D eigenvalue weighted by molar-refractivity contribution is 0.0394. The second kappa shape index (κ2) is 11.8. The fraction of sp³-hybridized carbons (Fsp3) is 0.667. The first-order chi connectivity index (χ1) is 13.1. The molecule has 0 bridgehead atoms. The van der Waals surface area contributed by atoms with Crippen LogP contribution in [0.2, 0.25) is 0 Å². The second-order valence-electron chi connectivity index (χ2n) is 7.35. The maximum absolute atomic E-state index is 5.76. The molecule has 2 N–H and O–H groups in total. The molecule has 27 heavy (non-hydrogen) atoms. The van der Waals surface area contributed by atoms with E-state index in [0.29, 0.717) is 5.92 Å². The van der Waals surface area contributed by atoms with Crippen molar-refractivity contribution in [3.05, 3.63) is 29.8 Å². The second-order valence-corrected chi connectivity index (χ2v) is 7.35. The Hall–Kier alpha value is -1.79. The Balaban J connectivity index is 1.85. The number of morpholine rings is 1. The zero-order chi connectivity index (χ0) is 19.5. The fourth-order valence-corrected chi connectivity index (χ4v) is 2.85. The van der Waals surface area contributed by atoms with E-state index < -0.39 is 0 Å². The van der Waals surface area contributed by atoms with Crippen molar-refractivity contribution < 1.29 is 9.47 Å². The molecular weight excluding hydrogens is 340 g/mol. The highest BCUT2D eigenvalue weighted by molar-refractivity contribution is 5.80. The fourth-order valence-electron chi connectivity index (χ4n) is 2.85. The van der Waals surface area contributed by atoms with Crippen molar-refractivity contribution in [1.82, 2.24) is 15.5 Å². The molecule has 152 valence electrons. The van der Waals surface area contributed by atoms with E-state index >= 15 is 0 Å². The lowest BCUT2D eigenvalue weighted by Crippen LogP contribution is -2.40. The van der Waals surface area contributed by atoms with Gasteiger partial charge in [0.05, 0.1) is 32.4 Å². The highest BCUT2D eigenvalue weighted by Crippen LogP contribution is 2.18. The molecule has 0 spiro atoms. The largest absolute Gasteiger partial charge is 0.493 e. The van der Waals surface area contributed by atoms with Gasteiger partial charge in [0.15, 0.2) is 5.96 Å². The van der Waals surface area contributed by atoms with Gasteiger partial charge in [0.2, 0.25) is 0 Å². The minimum atomic E-state index is 0.172. The first kappa shape index (κ1) is 21.5. The van der Waals surface area contributed by atoms with E-state index in [0.717, 1.165) is 64.3 Å². The first-order valence-corrected chi connectivity index (χ1v) is 10.2. The van der Waals surface area contributed by atoms with Gasteiger partial charge in [-0.2, -0.15) is 0 Å². The average molecular weight is 377 g/mol. The lowest BCUT2D eigenvalue weighted by atomic mass is 10.1. The number of nitrogens with one attached hydrogen (secondary N) is 2. The van der Waals surface area contributed by atoms with Crippen molar-refractivity contribution in [3.63, 3.8) is 0 Å². The van der Waals surface area contributed by atoms with E-state index in [1.807, 2.05) is 12.1 Å². The van der Waals surface area contributed by atoms with Crippen LogP contribution < -0.4 is 15.4 Å². The summed E-state index contributed by atoms with van der Waals surface area (Å²) in [6, 6.07) is 8.48. The van der Waals surface area contributed by atoms with Crippen LogP contribution in [0.4, 0.5) is 0 Å². The summed E-state index contributed by atoms with van der Waals surface area (Å²) >= 11 is 0. The Morgan fingerprint density at radius 1 is 1.19 bits per heavy atom. The molecule has 1 unspecified atom stereocenters. The van der Waals surface area contributed by atoms with Gasteiger partial charge in [0.1, 0.15) is 5.75 Å². The Kier molecular flexibility index (Phi) is 9.42. The van der Waals surface area contributed by atoms with Crippen molar-refractivity contribution >= 4 is 5.96 Å². The highest BCUT2D eigenvalue weighted by atomic mass is 16.5. The molecule has 1 aliphatic rings. The third-order valence-electron chi connectivity index (χ3n) is 4.45. The van der Waals surface area contributed by atoms with Gasteiger partial charge in [-0.1, -0.05) is 26.0 Å². The minimum absolute atomic E-state index is 0.172. The molecule has 6 heteroatoms. The third kappa shape index (κ3) is 8.18. The van der Waals surface area contributed by atoms with Crippen LogP contribution in [0.3, 0.4) is 0 Å². The molecule has 1 heterocycles. The van der Waals surface area contributed by atoms with E-state index in [4.69, 9.17) is 14.5 Å². The monoisotopic (exact) mass is 376 g/mol. The maximum Gasteiger partial charge on any atom is 0.191 e. The predicted molar refractivity (Wildman–Crippen MR) is 112 cm³/mol. The molecule has 0 amide bonds. The van der Waals surface area contributed by atoms with Gasteiger partial charge in [0, 0.05) is 26.2 Å². The summed E-state index contributed by atoms with van der Waals surface area (Å²) in [5.74, 6) is 2.31. The zero-order valence-corrected chi connectivity index (χ0v) is 17.3. The average Bonchev–Trinajstić information content (AvgIpc) is 2.67. The molecule has 0 saturated carbocycles. The van der Waals surface area contributed by atoms with Gasteiger partial charge in [0.25, 0.3) is 0 Å². The number of hydrogen-bond donors (Lipinski definition) is 2. The van der Waals surface area contributed by atoms with Crippen LogP contribution in [0.5, 0.6) is 5.75 Å². The summed E-state index contributed by atoms with van der Waals surface area (Å²) in [7, 11) is 0. The van der Waals surface area contributed by atoms with Crippen LogP contribution in [0, 0.1) is 5.92 Å². The van der Waals surface area contributed by atoms with Crippen LogP contribution in [-0.4, -0.2) is 63.4 Å². The zero-order valence-electron chi connectivity index (χ0n) is 17.3. The number of ether oxygens (including phenoxy) is 2. The van der Waals surface area contributed by atoms with Crippen LogP contribution in [0.15, 0.2) is 29.3 Å². The van der Waals surface area contributed by atoms with Crippen LogP contribution in [-0.2, 0) is 4.74 Å². The Labute approximate surface area is 164 Å². The molecule has 2 rings (SSSR count). The number of rotatable bonds is 9. The topological polar surface area (TPSA) is 58.1 Å². The van der Waals surface area contributed by atoms with Gasteiger partial charge in [-0.05, 0) is 37.5 Å². The molecule has 1 aromatic rings. The molecule has 6 nitrogen and oxygen atoms in total. The lowest BCUT2D eigenvalue weighted by Gasteiger charge is -2.26. The van der Waals surface area contributed by atoms with Gasteiger partial charge < -0.3 is 20.1 Å². The standard InChI is InChI=1S/C21H36N4O2/c1-5-22-21(23-10-11-25-12-14-26-15-13-25)24-18(4)19-6-8-20(9-7-19)27-16-17(2)3/h6-9,17-18H,5,10-16H2,1-4H3,(H2,22,23,24). The molecule has 1 fully saturated rings. The number of guanidine groups is 1. The van der Waals surface area contributed by atoms with Crippen molar-refractivity contribution in [2.45, 2.75) is 33.7 Å². The van der Waals surface area contributed by atoms with Crippen molar-refractivity contribution in [3.8, 4) is 5.75 Å². The maximum atomic E-state index is 5.76. The van der Waals surface area contributed by atoms with Crippen LogP contribution in [0.25, 0.3) is 0 Å². The number of hydrogen-bond acceptors (Lipinski definition) is 4.